The minimum absolute atomic E-state index is 0.0827. The predicted molar refractivity (Wildman–Crippen MR) is 98.6 cm³/mol. The molecule has 0 aliphatic rings. The molecule has 4 N–H and O–H groups in total. The summed E-state index contributed by atoms with van der Waals surface area (Å²) in [6.45, 7) is 6.48. The van der Waals surface area contributed by atoms with Gasteiger partial charge in [0.05, 0.1) is 10.6 Å². The van der Waals surface area contributed by atoms with Gasteiger partial charge in [-0.25, -0.2) is 0 Å². The van der Waals surface area contributed by atoms with E-state index in [1.165, 1.54) is 17.3 Å². The van der Waals surface area contributed by atoms with Crippen LogP contribution in [-0.2, 0) is 5.41 Å². The van der Waals surface area contributed by atoms with E-state index < -0.39 is 0 Å². The fourth-order valence-corrected chi connectivity index (χ4v) is 2.90. The van der Waals surface area contributed by atoms with Crippen molar-refractivity contribution in [2.45, 2.75) is 31.1 Å². The summed E-state index contributed by atoms with van der Waals surface area (Å²) in [7, 11) is 0. The highest BCUT2D eigenvalue weighted by molar-refractivity contribution is 8.03. The maximum absolute atomic E-state index is 9.48. The number of nitrogens with two attached hydrogens (primary N) is 2. The number of anilines is 1. The number of nitrogen functional groups attached to an aromatic ring is 1. The second kappa shape index (κ2) is 6.80. The third-order valence-corrected chi connectivity index (χ3v) is 4.44. The predicted octanol–water partition coefficient (Wildman–Crippen LogP) is 4.51. The highest BCUT2D eigenvalue weighted by Gasteiger charge is 2.14. The zero-order valence-electron chi connectivity index (χ0n) is 13.6. The molecule has 118 valence electrons. The van der Waals surface area contributed by atoms with Gasteiger partial charge in [0.25, 0.3) is 0 Å². The molecule has 2 aromatic carbocycles. The number of rotatable bonds is 3. The molecule has 0 aliphatic heterocycles. The molecule has 0 unspecified atom stereocenters. The van der Waals surface area contributed by atoms with E-state index in [0.29, 0.717) is 16.3 Å². The maximum atomic E-state index is 9.48. The molecular formula is C19H21N3S. The zero-order chi connectivity index (χ0) is 17.0. The van der Waals surface area contributed by atoms with Crippen LogP contribution in [0.1, 0.15) is 31.9 Å². The van der Waals surface area contributed by atoms with Crippen LogP contribution < -0.4 is 11.5 Å². The number of hydrogen-bond donors (Lipinski definition) is 2. The van der Waals surface area contributed by atoms with Gasteiger partial charge in [-0.3, -0.25) is 0 Å². The lowest BCUT2D eigenvalue weighted by Crippen LogP contribution is -2.10. The fourth-order valence-electron chi connectivity index (χ4n) is 2.11. The lowest BCUT2D eigenvalue weighted by atomic mass is 9.86. The Kier molecular flexibility index (Phi) is 5.02. The first-order valence-electron chi connectivity index (χ1n) is 7.35. The minimum Gasteiger partial charge on any atom is -0.399 e. The first-order valence-corrected chi connectivity index (χ1v) is 8.17. The van der Waals surface area contributed by atoms with Crippen molar-refractivity contribution >= 4 is 23.0 Å². The number of thioether (sulfide) groups is 1. The number of nitriles is 1. The standard InChI is InChI=1S/C19H21N3S/c1-19(2,3)14-6-4-13(5-7-14)17(12-20)18(22)23-16-10-8-15(21)9-11-16/h4-11H,21-22H2,1-3H3/b18-17+. The van der Waals surface area contributed by atoms with Gasteiger partial charge in [0.15, 0.2) is 0 Å². The van der Waals surface area contributed by atoms with Gasteiger partial charge >= 0.3 is 0 Å². The molecule has 0 aromatic heterocycles. The smallest absolute Gasteiger partial charge is 0.103 e. The van der Waals surface area contributed by atoms with Gasteiger partial charge in [-0.1, -0.05) is 56.8 Å². The largest absolute Gasteiger partial charge is 0.399 e. The summed E-state index contributed by atoms with van der Waals surface area (Å²) in [5.41, 5.74) is 15.2. The second-order valence-corrected chi connectivity index (χ2v) is 7.46. The molecule has 0 saturated carbocycles. The number of nitrogens with zero attached hydrogens (tertiary/aromatic N) is 1. The molecule has 2 rings (SSSR count). The van der Waals surface area contributed by atoms with E-state index in [0.717, 1.165) is 10.5 Å². The van der Waals surface area contributed by atoms with Gasteiger partial charge in [0.2, 0.25) is 0 Å². The highest BCUT2D eigenvalue weighted by Crippen LogP contribution is 2.31. The van der Waals surface area contributed by atoms with Crippen LogP contribution in [0.3, 0.4) is 0 Å². The molecule has 2 aromatic rings. The van der Waals surface area contributed by atoms with Gasteiger partial charge in [0.1, 0.15) is 6.07 Å². The molecule has 0 heterocycles. The van der Waals surface area contributed by atoms with E-state index in [-0.39, 0.29) is 5.41 Å². The molecular weight excluding hydrogens is 302 g/mol. The molecule has 23 heavy (non-hydrogen) atoms. The van der Waals surface area contributed by atoms with Crippen LogP contribution in [0.15, 0.2) is 58.5 Å². The van der Waals surface area contributed by atoms with Crippen LogP contribution in [0, 0.1) is 11.3 Å². The Hall–Kier alpha value is -2.38. The Morgan fingerprint density at radius 3 is 2.04 bits per heavy atom. The van der Waals surface area contributed by atoms with Crippen molar-refractivity contribution < 1.29 is 0 Å². The summed E-state index contributed by atoms with van der Waals surface area (Å²) in [6, 6.07) is 17.6. The molecule has 0 fully saturated rings. The molecule has 0 atom stereocenters. The quantitative estimate of drug-likeness (QED) is 0.495. The van der Waals surface area contributed by atoms with Crippen molar-refractivity contribution in [1.29, 1.82) is 5.26 Å². The van der Waals surface area contributed by atoms with Gasteiger partial charge in [-0.15, -0.1) is 0 Å². The third-order valence-electron chi connectivity index (χ3n) is 3.51. The van der Waals surface area contributed by atoms with E-state index >= 15 is 0 Å². The minimum atomic E-state index is 0.0827. The van der Waals surface area contributed by atoms with Crippen molar-refractivity contribution in [3.8, 4) is 6.07 Å². The van der Waals surface area contributed by atoms with Crippen molar-refractivity contribution in [3.63, 3.8) is 0 Å². The van der Waals surface area contributed by atoms with E-state index in [9.17, 15) is 5.26 Å². The van der Waals surface area contributed by atoms with Crippen LogP contribution in [0.5, 0.6) is 0 Å². The van der Waals surface area contributed by atoms with Crippen molar-refractivity contribution in [2.75, 3.05) is 5.73 Å². The van der Waals surface area contributed by atoms with Crippen LogP contribution in [0.2, 0.25) is 0 Å². The van der Waals surface area contributed by atoms with Crippen LogP contribution >= 0.6 is 11.8 Å². The monoisotopic (exact) mass is 323 g/mol. The topological polar surface area (TPSA) is 75.8 Å². The number of hydrogen-bond acceptors (Lipinski definition) is 4. The van der Waals surface area contributed by atoms with Crippen molar-refractivity contribution in [1.82, 2.24) is 0 Å². The number of allylic oxidation sites excluding steroid dienone is 1. The average Bonchev–Trinajstić information content (AvgIpc) is 2.50. The molecule has 0 radical (unpaired) electrons. The first-order chi connectivity index (χ1) is 10.8. The Morgan fingerprint density at radius 2 is 1.57 bits per heavy atom. The molecule has 0 amide bonds. The van der Waals surface area contributed by atoms with Gasteiger partial charge < -0.3 is 11.5 Å². The average molecular weight is 323 g/mol. The first kappa shape index (κ1) is 17.0. The number of benzene rings is 2. The summed E-state index contributed by atoms with van der Waals surface area (Å²) in [5, 5.41) is 9.97. The Morgan fingerprint density at radius 1 is 1.00 bits per heavy atom. The van der Waals surface area contributed by atoms with E-state index in [4.69, 9.17) is 11.5 Å². The molecule has 0 bridgehead atoms. The highest BCUT2D eigenvalue weighted by atomic mass is 32.2. The summed E-state index contributed by atoms with van der Waals surface area (Å²) >= 11 is 1.37. The second-order valence-electron chi connectivity index (χ2n) is 6.35. The van der Waals surface area contributed by atoms with Crippen LogP contribution in [-0.4, -0.2) is 0 Å². The third kappa shape index (κ3) is 4.30. The maximum Gasteiger partial charge on any atom is 0.103 e. The fraction of sp³-hybridized carbons (Fsp3) is 0.211. The van der Waals surface area contributed by atoms with Crippen LogP contribution in [0.4, 0.5) is 5.69 Å². The SMILES string of the molecule is CC(C)(C)c1ccc(/C(C#N)=C(\N)Sc2ccc(N)cc2)cc1. The Balaban J connectivity index is 2.30. The summed E-state index contributed by atoms with van der Waals surface area (Å²) in [6.07, 6.45) is 0. The molecule has 0 spiro atoms. The summed E-state index contributed by atoms with van der Waals surface area (Å²) in [5.74, 6) is 0. The lowest BCUT2D eigenvalue weighted by Gasteiger charge is -2.19. The lowest BCUT2D eigenvalue weighted by molar-refractivity contribution is 0.590. The van der Waals surface area contributed by atoms with Gasteiger partial charge in [-0.2, -0.15) is 5.26 Å². The summed E-state index contributed by atoms with van der Waals surface area (Å²) < 4.78 is 0. The van der Waals surface area contributed by atoms with Gasteiger partial charge in [-0.05, 0) is 40.8 Å². The normalized spacial score (nSPS) is 12.4. The zero-order valence-corrected chi connectivity index (χ0v) is 14.4. The Bertz CT molecular complexity index is 745. The molecule has 3 nitrogen and oxygen atoms in total. The van der Waals surface area contributed by atoms with Crippen LogP contribution in [0.25, 0.3) is 5.57 Å². The van der Waals surface area contributed by atoms with E-state index in [1.807, 2.05) is 48.5 Å². The summed E-state index contributed by atoms with van der Waals surface area (Å²) in [4.78, 5) is 0.954. The molecule has 0 aliphatic carbocycles. The van der Waals surface area contributed by atoms with E-state index in [1.54, 1.807) is 0 Å². The molecule has 0 saturated heterocycles. The Labute approximate surface area is 142 Å². The van der Waals surface area contributed by atoms with Crippen molar-refractivity contribution in [2.24, 2.45) is 5.73 Å². The molecule has 4 heteroatoms. The van der Waals surface area contributed by atoms with E-state index in [2.05, 4.69) is 26.8 Å². The van der Waals surface area contributed by atoms with Gasteiger partial charge in [0, 0.05) is 10.6 Å². The van der Waals surface area contributed by atoms with Crippen molar-refractivity contribution in [3.05, 3.63) is 64.7 Å².